The van der Waals surface area contributed by atoms with Gasteiger partial charge in [0.1, 0.15) is 29.6 Å². The van der Waals surface area contributed by atoms with Crippen LogP contribution in [0.25, 0.3) is 22.4 Å². The molecule has 1 amide bonds. The van der Waals surface area contributed by atoms with Gasteiger partial charge < -0.3 is 15.4 Å². The highest BCUT2D eigenvalue weighted by atomic mass is 19.3. The molecule has 0 aliphatic carbocycles. The molecular weight excluding hydrogens is 542 g/mol. The number of nitrogens with zero attached hydrogens (tertiary/aromatic N) is 6. The van der Waals surface area contributed by atoms with Crippen LogP contribution in [0.1, 0.15) is 50.3 Å². The zero-order valence-electron chi connectivity index (χ0n) is 23.5. The smallest absolute Gasteiger partial charge is 0.260 e. The quantitative estimate of drug-likeness (QED) is 0.288. The van der Waals surface area contributed by atoms with Crippen molar-refractivity contribution in [3.8, 4) is 11.3 Å². The highest BCUT2D eigenvalue weighted by Gasteiger charge is 2.34. The number of rotatable bonds is 7. The van der Waals surface area contributed by atoms with Gasteiger partial charge in [0.2, 0.25) is 5.91 Å². The van der Waals surface area contributed by atoms with Crippen molar-refractivity contribution in [2.45, 2.75) is 57.6 Å². The van der Waals surface area contributed by atoms with Gasteiger partial charge in [0, 0.05) is 36.2 Å². The van der Waals surface area contributed by atoms with E-state index in [9.17, 15) is 13.6 Å². The van der Waals surface area contributed by atoms with Crippen LogP contribution in [-0.2, 0) is 9.53 Å². The van der Waals surface area contributed by atoms with Gasteiger partial charge in [0.15, 0.2) is 5.65 Å². The Kier molecular flexibility index (Phi) is 8.07. The average Bonchev–Trinajstić information content (AvgIpc) is 3.34. The van der Waals surface area contributed by atoms with Crippen LogP contribution in [0.15, 0.2) is 49.2 Å². The number of ether oxygens (including phenoxy) is 1. The molecular formula is C30H34F2N8O2. The summed E-state index contributed by atoms with van der Waals surface area (Å²) in [6.45, 7) is 2.66. The van der Waals surface area contributed by atoms with Gasteiger partial charge in [-0.1, -0.05) is 6.07 Å². The third-order valence-corrected chi connectivity index (χ3v) is 7.75. The average molecular weight is 577 g/mol. The number of nitrogens with one attached hydrogen (secondary N) is 2. The summed E-state index contributed by atoms with van der Waals surface area (Å²) >= 11 is 0. The number of anilines is 3. The molecule has 0 spiro atoms. The summed E-state index contributed by atoms with van der Waals surface area (Å²) in [5.74, 6) is -2.53. The lowest BCUT2D eigenvalue weighted by Gasteiger charge is -2.23. The van der Waals surface area contributed by atoms with E-state index in [1.807, 2.05) is 35.8 Å². The summed E-state index contributed by atoms with van der Waals surface area (Å²) in [7, 11) is 0. The molecule has 12 heteroatoms. The largest absolute Gasteiger partial charge is 0.358 e. The second-order valence-corrected chi connectivity index (χ2v) is 11.0. The normalized spacial score (nSPS) is 19.4. The molecule has 5 heterocycles. The summed E-state index contributed by atoms with van der Waals surface area (Å²) in [6.07, 6.45) is 8.90. The number of carbonyl (C=O) groups excluding carboxylic acids is 1. The van der Waals surface area contributed by atoms with E-state index in [1.165, 1.54) is 11.2 Å². The SMILES string of the molecule is Cc1ccc(NC(=O)CN2CCCCC(F)(F)C2)cc1Nc1ncccc1-c1ncnc2c1ncn2C1CCCCO1. The first-order valence-corrected chi connectivity index (χ1v) is 14.4. The van der Waals surface area contributed by atoms with Crippen molar-refractivity contribution >= 4 is 34.3 Å². The standard InChI is InChI=1S/C30H34F2N8O2/c1-20-9-10-21(37-24(41)16-39-13-4-3-11-30(31,32)17-39)15-23(20)38-28-22(7-6-12-33-28)26-27-29(35-18-34-26)40(19-36-27)25-8-2-5-14-42-25/h6-7,9-10,12,15,18-19,25H,2-5,8,11,13-14,16-17H2,1H3,(H,33,38)(H,37,41). The van der Waals surface area contributed by atoms with Crippen molar-refractivity contribution in [2.75, 3.05) is 36.9 Å². The third-order valence-electron chi connectivity index (χ3n) is 7.75. The van der Waals surface area contributed by atoms with Crippen LogP contribution in [0.4, 0.5) is 26.0 Å². The Morgan fingerprint density at radius 1 is 1.12 bits per heavy atom. The Morgan fingerprint density at radius 2 is 2.02 bits per heavy atom. The first-order chi connectivity index (χ1) is 20.4. The van der Waals surface area contributed by atoms with Crippen LogP contribution in [0.2, 0.25) is 0 Å². The second kappa shape index (κ2) is 12.1. The number of imidazole rings is 1. The number of benzene rings is 1. The van der Waals surface area contributed by atoms with Crippen molar-refractivity contribution in [2.24, 2.45) is 0 Å². The Hall–Kier alpha value is -4.03. The molecule has 42 heavy (non-hydrogen) atoms. The van der Waals surface area contributed by atoms with E-state index in [0.717, 1.165) is 36.1 Å². The molecule has 220 valence electrons. The molecule has 1 atom stereocenters. The molecule has 2 saturated heterocycles. The molecule has 1 aromatic carbocycles. The van der Waals surface area contributed by atoms with Crippen molar-refractivity contribution in [3.05, 3.63) is 54.7 Å². The fourth-order valence-corrected chi connectivity index (χ4v) is 5.60. The first-order valence-electron chi connectivity index (χ1n) is 14.4. The van der Waals surface area contributed by atoms with Gasteiger partial charge in [0.05, 0.1) is 19.4 Å². The predicted octanol–water partition coefficient (Wildman–Crippen LogP) is 5.70. The minimum Gasteiger partial charge on any atom is -0.358 e. The van der Waals surface area contributed by atoms with Crippen LogP contribution < -0.4 is 10.6 Å². The predicted molar refractivity (Wildman–Crippen MR) is 156 cm³/mol. The zero-order valence-corrected chi connectivity index (χ0v) is 23.5. The molecule has 10 nitrogen and oxygen atoms in total. The number of hydrogen-bond donors (Lipinski definition) is 2. The topological polar surface area (TPSA) is 110 Å². The highest BCUT2D eigenvalue weighted by molar-refractivity contribution is 5.94. The van der Waals surface area contributed by atoms with E-state index in [-0.39, 0.29) is 25.1 Å². The van der Waals surface area contributed by atoms with Crippen molar-refractivity contribution in [1.29, 1.82) is 0 Å². The molecule has 2 N–H and O–H groups in total. The van der Waals surface area contributed by atoms with Crippen LogP contribution in [0, 0.1) is 6.92 Å². The van der Waals surface area contributed by atoms with Gasteiger partial charge in [-0.25, -0.2) is 28.7 Å². The number of halogens is 2. The Balaban J connectivity index is 1.22. The molecule has 2 aliphatic heterocycles. The summed E-state index contributed by atoms with van der Waals surface area (Å²) < 4.78 is 36.0. The Bertz CT molecular complexity index is 1570. The number of pyridine rings is 1. The van der Waals surface area contributed by atoms with Gasteiger partial charge >= 0.3 is 0 Å². The van der Waals surface area contributed by atoms with Crippen LogP contribution in [0.5, 0.6) is 0 Å². The van der Waals surface area contributed by atoms with E-state index in [4.69, 9.17) is 4.74 Å². The molecule has 0 saturated carbocycles. The lowest BCUT2D eigenvalue weighted by Crippen LogP contribution is -2.40. The van der Waals surface area contributed by atoms with Gasteiger partial charge in [-0.15, -0.1) is 0 Å². The number of aryl methyl sites for hydroxylation is 1. The molecule has 2 fully saturated rings. The van der Waals surface area contributed by atoms with Crippen molar-refractivity contribution < 1.29 is 18.3 Å². The van der Waals surface area contributed by atoms with Crippen LogP contribution >= 0.6 is 0 Å². The third kappa shape index (κ3) is 6.24. The Morgan fingerprint density at radius 3 is 2.88 bits per heavy atom. The minimum atomic E-state index is -2.77. The van der Waals surface area contributed by atoms with Gasteiger partial charge in [-0.05, 0) is 75.4 Å². The highest BCUT2D eigenvalue weighted by Crippen LogP contribution is 2.34. The number of amides is 1. The fraction of sp³-hybridized carbons (Fsp3) is 0.433. The molecule has 0 bridgehead atoms. The summed E-state index contributed by atoms with van der Waals surface area (Å²) in [5, 5.41) is 6.26. The van der Waals surface area contributed by atoms with Crippen LogP contribution in [-0.4, -0.2) is 67.5 Å². The monoisotopic (exact) mass is 576 g/mol. The van der Waals surface area contributed by atoms with E-state index >= 15 is 0 Å². The lowest BCUT2D eigenvalue weighted by molar-refractivity contribution is -0.118. The van der Waals surface area contributed by atoms with E-state index < -0.39 is 12.5 Å². The summed E-state index contributed by atoms with van der Waals surface area (Å²) in [5.41, 5.74) is 4.97. The number of likely N-dealkylation sites (tertiary alicyclic amines) is 1. The number of aromatic nitrogens is 5. The van der Waals surface area contributed by atoms with Gasteiger partial charge in [-0.3, -0.25) is 14.3 Å². The maximum atomic E-state index is 14.0. The maximum absolute atomic E-state index is 14.0. The molecule has 3 aromatic heterocycles. The minimum absolute atomic E-state index is 0.0845. The number of alkyl halides is 2. The summed E-state index contributed by atoms with van der Waals surface area (Å²) in [4.78, 5) is 32.6. The van der Waals surface area contributed by atoms with Gasteiger partial charge in [0.25, 0.3) is 5.92 Å². The van der Waals surface area contributed by atoms with Crippen molar-refractivity contribution in [1.82, 2.24) is 29.4 Å². The van der Waals surface area contributed by atoms with Crippen LogP contribution in [0.3, 0.4) is 0 Å². The number of fused-ring (bicyclic) bond motifs is 1. The number of carbonyl (C=O) groups is 1. The van der Waals surface area contributed by atoms with Gasteiger partial charge in [-0.2, -0.15) is 0 Å². The molecule has 4 aromatic rings. The second-order valence-electron chi connectivity index (χ2n) is 11.0. The van der Waals surface area contributed by atoms with E-state index in [0.29, 0.717) is 54.4 Å². The lowest BCUT2D eigenvalue weighted by atomic mass is 10.1. The molecule has 6 rings (SSSR count). The van der Waals surface area contributed by atoms with Crippen molar-refractivity contribution in [3.63, 3.8) is 0 Å². The fourth-order valence-electron chi connectivity index (χ4n) is 5.60. The maximum Gasteiger partial charge on any atom is 0.260 e. The molecule has 0 radical (unpaired) electrons. The number of hydrogen-bond acceptors (Lipinski definition) is 8. The molecule has 2 aliphatic rings. The Labute approximate surface area is 242 Å². The zero-order chi connectivity index (χ0) is 29.1. The van der Waals surface area contributed by atoms with E-state index in [1.54, 1.807) is 18.6 Å². The summed E-state index contributed by atoms with van der Waals surface area (Å²) in [6, 6.07) is 9.25. The first kappa shape index (κ1) is 28.1. The molecule has 1 unspecified atom stereocenters. The van der Waals surface area contributed by atoms with E-state index in [2.05, 4.69) is 30.6 Å².